The third kappa shape index (κ3) is 5.25. The lowest BCUT2D eigenvalue weighted by atomic mass is 10.2. The quantitative estimate of drug-likeness (QED) is 0.306. The molecule has 1 heterocycles. The summed E-state index contributed by atoms with van der Waals surface area (Å²) in [5, 5.41) is 1.02. The predicted octanol–water partition coefficient (Wildman–Crippen LogP) is 3.36. The van der Waals surface area contributed by atoms with Gasteiger partial charge >= 0.3 is 5.97 Å². The lowest BCUT2D eigenvalue weighted by molar-refractivity contribution is -0.140. The number of thioether (sulfide) groups is 1. The van der Waals surface area contributed by atoms with Crippen LogP contribution >= 0.6 is 11.8 Å². The van der Waals surface area contributed by atoms with Crippen LogP contribution in [-0.2, 0) is 9.53 Å². The van der Waals surface area contributed by atoms with Crippen LogP contribution in [0.5, 0.6) is 0 Å². The van der Waals surface area contributed by atoms with Crippen molar-refractivity contribution < 1.29 is 9.53 Å². The summed E-state index contributed by atoms with van der Waals surface area (Å²) in [6.45, 7) is 7.08. The summed E-state index contributed by atoms with van der Waals surface area (Å²) in [5.74, 6) is -0.222. The number of ether oxygens (including phenoxy) is 1. The summed E-state index contributed by atoms with van der Waals surface area (Å²) in [7, 11) is 0. The fourth-order valence-corrected chi connectivity index (χ4v) is 3.82. The first-order chi connectivity index (χ1) is 14.1. The number of hydrogen-bond acceptors (Lipinski definition) is 6. The van der Waals surface area contributed by atoms with E-state index in [1.54, 1.807) is 16.7 Å². The summed E-state index contributed by atoms with van der Waals surface area (Å²) in [4.78, 5) is 32.1. The molecule has 0 radical (unpaired) electrons. The van der Waals surface area contributed by atoms with E-state index in [-0.39, 0.29) is 17.3 Å². The van der Waals surface area contributed by atoms with Gasteiger partial charge in [0.25, 0.3) is 5.56 Å². The molecule has 29 heavy (non-hydrogen) atoms. The third-order valence-electron chi connectivity index (χ3n) is 4.64. The van der Waals surface area contributed by atoms with Crippen LogP contribution in [0.2, 0.25) is 0 Å². The summed E-state index contributed by atoms with van der Waals surface area (Å²) in [6, 6.07) is 16.6. The number of benzene rings is 2. The van der Waals surface area contributed by atoms with Gasteiger partial charge in [0.15, 0.2) is 5.16 Å². The minimum absolute atomic E-state index is 0.0931. The number of hydrogen-bond donors (Lipinski definition) is 0. The molecule has 6 nitrogen and oxygen atoms in total. The smallest absolute Gasteiger partial charge is 0.316 e. The van der Waals surface area contributed by atoms with Crippen molar-refractivity contribution >= 4 is 28.6 Å². The Balaban J connectivity index is 1.80. The van der Waals surface area contributed by atoms with Crippen molar-refractivity contribution in [2.45, 2.75) is 19.0 Å². The molecular formula is C22H25N3O3S. The van der Waals surface area contributed by atoms with Crippen molar-refractivity contribution in [2.24, 2.45) is 0 Å². The highest BCUT2D eigenvalue weighted by molar-refractivity contribution is 7.99. The van der Waals surface area contributed by atoms with Crippen LogP contribution < -0.4 is 5.56 Å². The zero-order chi connectivity index (χ0) is 20.6. The number of esters is 1. The van der Waals surface area contributed by atoms with E-state index in [4.69, 9.17) is 4.74 Å². The van der Waals surface area contributed by atoms with Gasteiger partial charge in [-0.25, -0.2) is 4.98 Å². The number of likely N-dealkylation sites (N-methyl/N-ethyl adjacent to an activating group) is 1. The molecule has 0 N–H and O–H groups in total. The van der Waals surface area contributed by atoms with Gasteiger partial charge in [-0.15, -0.1) is 0 Å². The van der Waals surface area contributed by atoms with Crippen molar-refractivity contribution in [3.05, 3.63) is 65.0 Å². The van der Waals surface area contributed by atoms with Gasteiger partial charge in [-0.1, -0.05) is 55.9 Å². The summed E-state index contributed by atoms with van der Waals surface area (Å²) < 4.78 is 6.90. The molecule has 3 rings (SSSR count). The maximum Gasteiger partial charge on any atom is 0.316 e. The Hall–Kier alpha value is -2.64. The average molecular weight is 412 g/mol. The number of carbonyl (C=O) groups excluding carboxylic acids is 1. The number of fused-ring (bicyclic) bond motifs is 1. The number of nitrogens with zero attached hydrogens (tertiary/aromatic N) is 3. The molecule has 0 spiro atoms. The van der Waals surface area contributed by atoms with Crippen molar-refractivity contribution in [1.82, 2.24) is 14.5 Å². The second-order valence-corrected chi connectivity index (χ2v) is 7.37. The third-order valence-corrected chi connectivity index (χ3v) is 5.56. The SMILES string of the molecule is CCN(CC)CCOC(=O)CSc1nc2ccccc2c(=O)n1-c1ccccc1. The van der Waals surface area contributed by atoms with Crippen LogP contribution in [0.4, 0.5) is 0 Å². The number of aromatic nitrogens is 2. The van der Waals surface area contributed by atoms with Crippen LogP contribution in [0.15, 0.2) is 64.5 Å². The first kappa shape index (κ1) is 21.1. The van der Waals surface area contributed by atoms with E-state index in [0.717, 1.165) is 13.1 Å². The van der Waals surface area contributed by atoms with Gasteiger partial charge in [-0.2, -0.15) is 0 Å². The Bertz CT molecular complexity index is 1020. The molecule has 0 saturated carbocycles. The second-order valence-electron chi connectivity index (χ2n) is 6.42. The minimum atomic E-state index is -0.316. The minimum Gasteiger partial charge on any atom is -0.464 e. The molecular weight excluding hydrogens is 386 g/mol. The number of carbonyl (C=O) groups is 1. The fourth-order valence-electron chi connectivity index (χ4n) is 3.01. The largest absolute Gasteiger partial charge is 0.464 e. The van der Waals surface area contributed by atoms with Gasteiger partial charge in [0, 0.05) is 6.54 Å². The molecule has 0 atom stereocenters. The Morgan fingerprint density at radius 1 is 1.07 bits per heavy atom. The van der Waals surface area contributed by atoms with Gasteiger partial charge < -0.3 is 9.64 Å². The Morgan fingerprint density at radius 2 is 1.76 bits per heavy atom. The maximum absolute atomic E-state index is 13.1. The van der Waals surface area contributed by atoms with Crippen molar-refractivity contribution in [3.63, 3.8) is 0 Å². The summed E-state index contributed by atoms with van der Waals surface area (Å²) >= 11 is 1.21. The van der Waals surface area contributed by atoms with Gasteiger partial charge in [0.2, 0.25) is 0 Å². The zero-order valence-electron chi connectivity index (χ0n) is 16.7. The highest BCUT2D eigenvalue weighted by Crippen LogP contribution is 2.21. The molecule has 0 aliphatic carbocycles. The van der Waals surface area contributed by atoms with E-state index in [1.165, 1.54) is 11.8 Å². The van der Waals surface area contributed by atoms with Crippen molar-refractivity contribution in [3.8, 4) is 5.69 Å². The van der Waals surface area contributed by atoms with E-state index in [0.29, 0.717) is 34.9 Å². The molecule has 0 bridgehead atoms. The van der Waals surface area contributed by atoms with Crippen LogP contribution in [0.3, 0.4) is 0 Å². The number of rotatable bonds is 9. The van der Waals surface area contributed by atoms with Crippen LogP contribution in [0.1, 0.15) is 13.8 Å². The van der Waals surface area contributed by atoms with E-state index in [1.807, 2.05) is 42.5 Å². The Kier molecular flexibility index (Phi) is 7.43. The molecule has 0 aliphatic rings. The summed E-state index contributed by atoms with van der Waals surface area (Å²) in [5.41, 5.74) is 1.18. The average Bonchev–Trinajstić information content (AvgIpc) is 2.76. The van der Waals surface area contributed by atoms with Crippen molar-refractivity contribution in [1.29, 1.82) is 0 Å². The highest BCUT2D eigenvalue weighted by Gasteiger charge is 2.15. The molecule has 0 saturated heterocycles. The highest BCUT2D eigenvalue weighted by atomic mass is 32.2. The van der Waals surface area contributed by atoms with Crippen molar-refractivity contribution in [2.75, 3.05) is 32.0 Å². The van der Waals surface area contributed by atoms with E-state index >= 15 is 0 Å². The first-order valence-electron chi connectivity index (χ1n) is 9.72. The van der Waals surface area contributed by atoms with E-state index in [9.17, 15) is 9.59 Å². The fraction of sp³-hybridized carbons (Fsp3) is 0.318. The molecule has 3 aromatic rings. The van der Waals surface area contributed by atoms with Gasteiger partial charge in [0.05, 0.1) is 22.3 Å². The Labute approximate surface area is 174 Å². The molecule has 0 unspecified atom stereocenters. The maximum atomic E-state index is 13.1. The molecule has 0 aliphatic heterocycles. The molecule has 7 heteroatoms. The van der Waals surface area contributed by atoms with E-state index in [2.05, 4.69) is 23.7 Å². The normalized spacial score (nSPS) is 11.1. The first-order valence-corrected chi connectivity index (χ1v) is 10.7. The van der Waals surface area contributed by atoms with Gasteiger partial charge in [-0.3, -0.25) is 14.2 Å². The van der Waals surface area contributed by atoms with E-state index < -0.39 is 0 Å². The molecule has 0 amide bonds. The predicted molar refractivity (Wildman–Crippen MR) is 117 cm³/mol. The second kappa shape index (κ2) is 10.2. The molecule has 152 valence electrons. The monoisotopic (exact) mass is 411 g/mol. The number of para-hydroxylation sites is 2. The van der Waals surface area contributed by atoms with Crippen LogP contribution in [-0.4, -0.2) is 52.4 Å². The molecule has 2 aromatic carbocycles. The standard InChI is InChI=1S/C22H25N3O3S/c1-3-24(4-2)14-15-28-20(26)16-29-22-23-19-13-9-8-12-18(19)21(27)25(22)17-10-6-5-7-11-17/h5-13H,3-4,14-16H2,1-2H3. The van der Waals surface area contributed by atoms with Gasteiger partial charge in [0.1, 0.15) is 6.61 Å². The molecule has 0 fully saturated rings. The van der Waals surface area contributed by atoms with Crippen LogP contribution in [0.25, 0.3) is 16.6 Å². The topological polar surface area (TPSA) is 64.4 Å². The van der Waals surface area contributed by atoms with Gasteiger partial charge in [-0.05, 0) is 37.4 Å². The lowest BCUT2D eigenvalue weighted by Crippen LogP contribution is -2.28. The Morgan fingerprint density at radius 3 is 2.48 bits per heavy atom. The lowest BCUT2D eigenvalue weighted by Gasteiger charge is -2.17. The molecule has 1 aromatic heterocycles. The zero-order valence-corrected chi connectivity index (χ0v) is 17.5. The van der Waals surface area contributed by atoms with Crippen LogP contribution in [0, 0.1) is 0 Å². The summed E-state index contributed by atoms with van der Waals surface area (Å²) in [6.07, 6.45) is 0.